The van der Waals surface area contributed by atoms with Crippen molar-refractivity contribution >= 4 is 24.8 Å². The van der Waals surface area contributed by atoms with Crippen molar-refractivity contribution in [1.82, 2.24) is 4.90 Å². The largest absolute Gasteiger partial charge is 0.444 e. The van der Waals surface area contributed by atoms with Crippen molar-refractivity contribution in [3.63, 3.8) is 0 Å². The molecule has 0 spiro atoms. The SMILES string of the molecule is CC(C)(C)OC(=O)N1CCCC(O[Si](c2ccccc2)(c2ccccc2)C(C)(C)C)C1O. The van der Waals surface area contributed by atoms with Crippen LogP contribution < -0.4 is 10.4 Å². The van der Waals surface area contributed by atoms with Crippen molar-refractivity contribution in [1.29, 1.82) is 0 Å². The lowest BCUT2D eigenvalue weighted by Gasteiger charge is -2.48. The van der Waals surface area contributed by atoms with Crippen LogP contribution in [-0.2, 0) is 9.16 Å². The summed E-state index contributed by atoms with van der Waals surface area (Å²) >= 11 is 0. The smallest absolute Gasteiger partial charge is 0.412 e. The Morgan fingerprint density at radius 3 is 1.88 bits per heavy atom. The highest BCUT2D eigenvalue weighted by Gasteiger charge is 2.53. The number of hydrogen-bond donors (Lipinski definition) is 1. The number of benzene rings is 2. The first-order valence-electron chi connectivity index (χ1n) is 11.4. The molecule has 0 radical (unpaired) electrons. The molecule has 0 bridgehead atoms. The minimum Gasteiger partial charge on any atom is -0.444 e. The van der Waals surface area contributed by atoms with Crippen molar-refractivity contribution in [2.45, 2.75) is 77.4 Å². The van der Waals surface area contributed by atoms with E-state index in [1.165, 1.54) is 4.90 Å². The van der Waals surface area contributed by atoms with E-state index in [2.05, 4.69) is 45.0 Å². The van der Waals surface area contributed by atoms with E-state index in [1.54, 1.807) is 0 Å². The van der Waals surface area contributed by atoms with Gasteiger partial charge in [0.15, 0.2) is 6.23 Å². The summed E-state index contributed by atoms with van der Waals surface area (Å²) in [6.07, 6.45) is -0.618. The normalized spacial score (nSPS) is 20.2. The second-order valence-corrected chi connectivity index (χ2v) is 14.8. The predicted octanol–water partition coefficient (Wildman–Crippen LogP) is 4.28. The van der Waals surface area contributed by atoms with Crippen LogP contribution in [-0.4, -0.2) is 48.9 Å². The molecule has 1 amide bonds. The van der Waals surface area contributed by atoms with Gasteiger partial charge in [0.2, 0.25) is 0 Å². The minimum absolute atomic E-state index is 0.205. The summed E-state index contributed by atoms with van der Waals surface area (Å²) in [7, 11) is -2.83. The number of likely N-dealkylation sites (tertiary alicyclic amines) is 1. The Labute approximate surface area is 193 Å². The van der Waals surface area contributed by atoms with E-state index in [9.17, 15) is 9.90 Å². The Kier molecular flexibility index (Phi) is 7.17. The van der Waals surface area contributed by atoms with Gasteiger partial charge in [-0.15, -0.1) is 0 Å². The molecule has 0 saturated carbocycles. The highest BCUT2D eigenvalue weighted by atomic mass is 28.4. The fraction of sp³-hybridized carbons (Fsp3) is 0.500. The van der Waals surface area contributed by atoms with Gasteiger partial charge in [-0.25, -0.2) is 4.79 Å². The van der Waals surface area contributed by atoms with Crippen LogP contribution in [0.4, 0.5) is 4.79 Å². The number of aliphatic hydroxyl groups is 1. The molecule has 1 aliphatic rings. The monoisotopic (exact) mass is 455 g/mol. The topological polar surface area (TPSA) is 59.0 Å². The number of hydrogen-bond acceptors (Lipinski definition) is 4. The molecule has 2 aromatic carbocycles. The second-order valence-electron chi connectivity index (χ2n) is 10.5. The van der Waals surface area contributed by atoms with Gasteiger partial charge in [0, 0.05) is 6.54 Å². The van der Waals surface area contributed by atoms with Gasteiger partial charge in [0.25, 0.3) is 8.32 Å². The number of amides is 1. The molecule has 1 aliphatic heterocycles. The molecule has 2 unspecified atom stereocenters. The zero-order valence-corrected chi connectivity index (χ0v) is 21.2. The van der Waals surface area contributed by atoms with Crippen LogP contribution in [0.25, 0.3) is 0 Å². The van der Waals surface area contributed by atoms with Crippen molar-refractivity contribution in [3.8, 4) is 0 Å². The van der Waals surface area contributed by atoms with E-state index >= 15 is 0 Å². The van der Waals surface area contributed by atoms with Crippen molar-refractivity contribution in [3.05, 3.63) is 60.7 Å². The maximum atomic E-state index is 12.8. The molecule has 6 heteroatoms. The van der Waals surface area contributed by atoms with Crippen molar-refractivity contribution < 1.29 is 19.1 Å². The first kappa shape index (κ1) is 24.5. The Morgan fingerprint density at radius 1 is 0.938 bits per heavy atom. The lowest BCUT2D eigenvalue weighted by atomic mass is 10.1. The van der Waals surface area contributed by atoms with Gasteiger partial charge in [0.05, 0.1) is 6.10 Å². The molecule has 174 valence electrons. The molecule has 1 N–H and O–H groups in total. The van der Waals surface area contributed by atoms with E-state index in [1.807, 2.05) is 57.2 Å². The Balaban J connectivity index is 2.03. The number of piperidine rings is 1. The summed E-state index contributed by atoms with van der Waals surface area (Å²) in [5.41, 5.74) is -0.622. The summed E-state index contributed by atoms with van der Waals surface area (Å²) in [5.74, 6) is 0. The maximum absolute atomic E-state index is 12.8. The van der Waals surface area contributed by atoms with E-state index in [4.69, 9.17) is 9.16 Å². The van der Waals surface area contributed by atoms with Gasteiger partial charge >= 0.3 is 6.09 Å². The number of rotatable bonds is 4. The fourth-order valence-electron chi connectivity index (χ4n) is 4.50. The Bertz CT molecular complexity index is 850. The van der Waals surface area contributed by atoms with Crippen molar-refractivity contribution in [2.24, 2.45) is 0 Å². The van der Waals surface area contributed by atoms with Crippen LogP contribution in [0.5, 0.6) is 0 Å². The average molecular weight is 456 g/mol. The molecule has 1 heterocycles. The summed E-state index contributed by atoms with van der Waals surface area (Å²) < 4.78 is 12.6. The third-order valence-electron chi connectivity index (χ3n) is 5.91. The molecule has 1 saturated heterocycles. The van der Waals surface area contributed by atoms with E-state index < -0.39 is 32.3 Å². The van der Waals surface area contributed by atoms with Gasteiger partial charge < -0.3 is 14.3 Å². The zero-order valence-electron chi connectivity index (χ0n) is 20.2. The lowest BCUT2D eigenvalue weighted by molar-refractivity contribution is -0.0999. The van der Waals surface area contributed by atoms with Crippen LogP contribution in [0.2, 0.25) is 5.04 Å². The predicted molar refractivity (Wildman–Crippen MR) is 131 cm³/mol. The molecule has 3 rings (SSSR count). The third-order valence-corrected chi connectivity index (χ3v) is 11.0. The first-order chi connectivity index (χ1) is 15.0. The fourth-order valence-corrected chi connectivity index (χ4v) is 9.21. The molecule has 2 aromatic rings. The number of nitrogens with zero attached hydrogens (tertiary/aromatic N) is 1. The second kappa shape index (κ2) is 9.38. The summed E-state index contributed by atoms with van der Waals surface area (Å²) in [4.78, 5) is 14.2. The number of ether oxygens (including phenoxy) is 1. The highest BCUT2D eigenvalue weighted by Crippen LogP contribution is 2.39. The van der Waals surface area contributed by atoms with Gasteiger partial charge in [0.1, 0.15) is 5.60 Å². The third kappa shape index (κ3) is 5.08. The van der Waals surface area contributed by atoms with Crippen LogP contribution in [0.15, 0.2) is 60.7 Å². The molecular weight excluding hydrogens is 418 g/mol. The maximum Gasteiger partial charge on any atom is 0.412 e. The Morgan fingerprint density at radius 2 is 1.44 bits per heavy atom. The van der Waals surface area contributed by atoms with Gasteiger partial charge in [-0.05, 0) is 49.0 Å². The average Bonchev–Trinajstić information content (AvgIpc) is 2.72. The highest BCUT2D eigenvalue weighted by molar-refractivity contribution is 6.99. The summed E-state index contributed by atoms with van der Waals surface area (Å²) in [6.45, 7) is 12.6. The van der Waals surface area contributed by atoms with Gasteiger partial charge in [-0.1, -0.05) is 81.4 Å². The standard InChI is InChI=1S/C26H37NO4Si/c1-25(2,3)30-24(29)27-19-13-18-22(23(27)28)31-32(26(4,5)6,20-14-9-7-10-15-20)21-16-11-8-12-17-21/h7-12,14-17,22-23,28H,13,18-19H2,1-6H3. The van der Waals surface area contributed by atoms with Crippen LogP contribution in [0.3, 0.4) is 0 Å². The van der Waals surface area contributed by atoms with Gasteiger partial charge in [-0.3, -0.25) is 4.90 Å². The summed E-state index contributed by atoms with van der Waals surface area (Å²) in [6, 6.07) is 20.7. The van der Waals surface area contributed by atoms with Crippen LogP contribution in [0.1, 0.15) is 54.4 Å². The van der Waals surface area contributed by atoms with Crippen LogP contribution in [0, 0.1) is 0 Å². The quantitative estimate of drug-likeness (QED) is 0.699. The molecule has 2 atom stereocenters. The number of carbonyl (C=O) groups excluding carboxylic acids is 1. The Hall–Kier alpha value is -2.15. The first-order valence-corrected chi connectivity index (χ1v) is 13.3. The van der Waals surface area contributed by atoms with E-state index in [0.29, 0.717) is 13.0 Å². The summed E-state index contributed by atoms with van der Waals surface area (Å²) in [5, 5.41) is 13.3. The molecule has 0 aliphatic carbocycles. The van der Waals surface area contributed by atoms with E-state index in [0.717, 1.165) is 16.8 Å². The van der Waals surface area contributed by atoms with Gasteiger partial charge in [-0.2, -0.15) is 0 Å². The molecule has 32 heavy (non-hydrogen) atoms. The number of aliphatic hydroxyl groups excluding tert-OH is 1. The number of carbonyl (C=O) groups is 1. The minimum atomic E-state index is -2.83. The zero-order chi connectivity index (χ0) is 23.6. The lowest BCUT2D eigenvalue weighted by Crippen LogP contribution is -2.69. The molecule has 1 fully saturated rings. The van der Waals surface area contributed by atoms with E-state index in [-0.39, 0.29) is 5.04 Å². The molecule has 5 nitrogen and oxygen atoms in total. The van der Waals surface area contributed by atoms with Crippen LogP contribution >= 0.6 is 0 Å². The van der Waals surface area contributed by atoms with Crippen molar-refractivity contribution in [2.75, 3.05) is 6.54 Å². The molecule has 0 aromatic heterocycles. The molecular formula is C26H37NO4Si.